The van der Waals surface area contributed by atoms with Gasteiger partial charge in [-0.2, -0.15) is 0 Å². The van der Waals surface area contributed by atoms with Crippen molar-refractivity contribution in [2.24, 2.45) is 0 Å². The van der Waals surface area contributed by atoms with Crippen molar-refractivity contribution in [3.8, 4) is 0 Å². The molecule has 0 aliphatic heterocycles. The Kier molecular flexibility index (Phi) is 12.8. The molecule has 0 spiro atoms. The minimum absolute atomic E-state index is 0.0607. The van der Waals surface area contributed by atoms with Crippen LogP contribution in [0.2, 0.25) is 10.0 Å². The number of aromatic carboxylic acids is 1. The Bertz CT molecular complexity index is 2160. The fraction of sp³-hybridized carbons (Fsp3) is 0.118. The van der Waals surface area contributed by atoms with Gasteiger partial charge in [-0.15, -0.1) is 10.2 Å². The molecule has 51 heavy (non-hydrogen) atoms. The lowest BCUT2D eigenvalue weighted by Crippen LogP contribution is -2.15. The lowest BCUT2D eigenvalue weighted by Gasteiger charge is -2.05. The third kappa shape index (κ3) is 10.6. The van der Waals surface area contributed by atoms with E-state index in [2.05, 4.69) is 25.5 Å². The normalized spacial score (nSPS) is 10.4. The van der Waals surface area contributed by atoms with Gasteiger partial charge in [0.25, 0.3) is 11.7 Å². The molecule has 11 nitrogen and oxygen atoms in total. The van der Waals surface area contributed by atoms with Gasteiger partial charge in [0.2, 0.25) is 5.82 Å². The number of rotatable bonds is 7. The van der Waals surface area contributed by atoms with Crippen LogP contribution < -0.4 is 11.1 Å². The van der Waals surface area contributed by atoms with Crippen LogP contribution in [0.1, 0.15) is 43.5 Å². The average molecular weight is 744 g/mol. The number of carboxylic acid groups (broad SMARTS) is 1. The van der Waals surface area contributed by atoms with Gasteiger partial charge in [-0.3, -0.25) is 4.79 Å². The van der Waals surface area contributed by atoms with Gasteiger partial charge in [-0.05, 0) is 72.5 Å². The van der Waals surface area contributed by atoms with E-state index in [1.165, 1.54) is 64.5 Å². The Hall–Kier alpha value is -5.80. The van der Waals surface area contributed by atoms with Gasteiger partial charge in [0.1, 0.15) is 24.3 Å². The first-order chi connectivity index (χ1) is 24.2. The highest BCUT2D eigenvalue weighted by molar-refractivity contribution is 6.31. The molecule has 6 rings (SSSR count). The van der Waals surface area contributed by atoms with Gasteiger partial charge in [-0.25, -0.2) is 41.7 Å². The molecule has 2 heterocycles. The summed E-state index contributed by atoms with van der Waals surface area (Å²) in [5, 5.41) is 18.7. The summed E-state index contributed by atoms with van der Waals surface area (Å²) in [7, 11) is 0. The number of carbonyl (C=O) groups excluding carboxylic acids is 1. The number of aryl methyl sites for hydroxylation is 2. The lowest BCUT2D eigenvalue weighted by atomic mass is 10.1. The number of nitrogens with zero attached hydrogens (tertiary/aromatic N) is 6. The first kappa shape index (κ1) is 38.0. The second kappa shape index (κ2) is 17.2. The Morgan fingerprint density at radius 3 is 1.71 bits per heavy atom. The van der Waals surface area contributed by atoms with Crippen LogP contribution in [0.5, 0.6) is 0 Å². The zero-order chi connectivity index (χ0) is 37.2. The molecule has 2 aromatic heterocycles. The summed E-state index contributed by atoms with van der Waals surface area (Å²) < 4.78 is 55.9. The van der Waals surface area contributed by atoms with Gasteiger partial charge in [-0.1, -0.05) is 59.6 Å². The molecule has 17 heteroatoms. The number of benzene rings is 4. The molecule has 0 saturated heterocycles. The van der Waals surface area contributed by atoms with Crippen molar-refractivity contribution in [2.45, 2.75) is 26.9 Å². The van der Waals surface area contributed by atoms with Crippen molar-refractivity contribution >= 4 is 46.5 Å². The van der Waals surface area contributed by atoms with Crippen LogP contribution >= 0.6 is 23.2 Å². The molecule has 0 unspecified atom stereocenters. The highest BCUT2D eigenvalue weighted by Gasteiger charge is 2.15. The number of anilines is 2. The van der Waals surface area contributed by atoms with E-state index in [0.717, 1.165) is 0 Å². The predicted molar refractivity (Wildman–Crippen MR) is 183 cm³/mol. The maximum absolute atomic E-state index is 13.8. The number of nitrogens with two attached hydrogens (primary N) is 1. The van der Waals surface area contributed by atoms with Gasteiger partial charge in [0, 0.05) is 0 Å². The molecular weight excluding hydrogens is 715 g/mol. The molecule has 264 valence electrons. The number of amides is 1. The minimum Gasteiger partial charge on any atom is -0.475 e. The molecule has 0 saturated carbocycles. The number of carbonyl (C=O) groups is 2. The molecule has 1 amide bonds. The number of nitrogen functional groups attached to an aromatic ring is 1. The van der Waals surface area contributed by atoms with E-state index in [1.807, 2.05) is 0 Å². The maximum Gasteiger partial charge on any atom is 0.375 e. The van der Waals surface area contributed by atoms with Crippen LogP contribution in [0.15, 0.2) is 85.5 Å². The van der Waals surface area contributed by atoms with Crippen molar-refractivity contribution in [2.75, 3.05) is 11.1 Å². The number of carboxylic acids is 1. The standard InChI is InChI=1S/C17H13ClF2N4O.C11H10FN3O2.C6H5ClFN/c1-10-5-6-11(7-13(10)19)8-24-9-21-16(23-24)17(25)22-14-4-2-3-12(18)15(14)20;1-7-2-3-8(4-9(7)12)5-15-6-13-10(14-15)11(16)17;7-4-2-1-3-5(9)6(4)8/h2-7,9H,8H2,1H3,(H,22,25);2-4,6H,5H2,1H3,(H,16,17);1-3H,9H2. The van der Waals surface area contributed by atoms with Crippen LogP contribution in [0, 0.1) is 37.1 Å². The van der Waals surface area contributed by atoms with Crippen molar-refractivity contribution in [1.82, 2.24) is 29.5 Å². The first-order valence-corrected chi connectivity index (χ1v) is 15.4. The molecular formula is C34H28Cl2F4N8O3. The van der Waals surface area contributed by atoms with Crippen LogP contribution in [0.25, 0.3) is 0 Å². The molecule has 6 aromatic rings. The molecule has 0 aliphatic carbocycles. The van der Waals surface area contributed by atoms with Crippen molar-refractivity contribution < 1.29 is 32.3 Å². The molecule has 4 aromatic carbocycles. The Morgan fingerprint density at radius 2 is 1.24 bits per heavy atom. The predicted octanol–water partition coefficient (Wildman–Crippen LogP) is 7.35. The van der Waals surface area contributed by atoms with Gasteiger partial charge in [0.15, 0.2) is 11.6 Å². The third-order valence-corrected chi connectivity index (χ3v) is 7.39. The summed E-state index contributed by atoms with van der Waals surface area (Å²) in [4.78, 5) is 30.2. The number of halogens is 6. The second-order valence-corrected chi connectivity index (χ2v) is 11.5. The lowest BCUT2D eigenvalue weighted by molar-refractivity contribution is 0.0683. The SMILES string of the molecule is Cc1ccc(Cn2cnc(C(=O)Nc3cccc(Cl)c3F)n2)cc1F.Cc1ccc(Cn2cnc(C(=O)O)n2)cc1F.Nc1cccc(Cl)c1F. The second-order valence-electron chi connectivity index (χ2n) is 10.7. The highest BCUT2D eigenvalue weighted by Crippen LogP contribution is 2.22. The van der Waals surface area contributed by atoms with Gasteiger partial charge < -0.3 is 16.2 Å². The van der Waals surface area contributed by atoms with E-state index in [-0.39, 0.29) is 57.8 Å². The zero-order valence-electron chi connectivity index (χ0n) is 26.8. The van der Waals surface area contributed by atoms with Crippen LogP contribution in [-0.4, -0.2) is 46.5 Å². The Morgan fingerprint density at radius 1 is 0.745 bits per heavy atom. The smallest absolute Gasteiger partial charge is 0.375 e. The number of aromatic nitrogens is 6. The van der Waals surface area contributed by atoms with E-state index in [0.29, 0.717) is 22.3 Å². The third-order valence-electron chi connectivity index (χ3n) is 6.81. The summed E-state index contributed by atoms with van der Waals surface area (Å²) >= 11 is 11.0. The quantitative estimate of drug-likeness (QED) is 0.113. The highest BCUT2D eigenvalue weighted by atomic mass is 35.5. The van der Waals surface area contributed by atoms with E-state index >= 15 is 0 Å². The topological polar surface area (TPSA) is 154 Å². The van der Waals surface area contributed by atoms with Crippen molar-refractivity contribution in [3.63, 3.8) is 0 Å². The molecule has 0 aliphatic rings. The van der Waals surface area contributed by atoms with E-state index in [1.54, 1.807) is 44.2 Å². The zero-order valence-corrected chi connectivity index (χ0v) is 28.3. The van der Waals surface area contributed by atoms with E-state index < -0.39 is 23.5 Å². The van der Waals surface area contributed by atoms with Crippen molar-refractivity contribution in [1.29, 1.82) is 0 Å². The number of nitrogens with one attached hydrogen (secondary N) is 1. The molecule has 0 bridgehead atoms. The molecule has 4 N–H and O–H groups in total. The van der Waals surface area contributed by atoms with Gasteiger partial charge in [0.05, 0.1) is 34.5 Å². The fourth-order valence-electron chi connectivity index (χ4n) is 4.09. The van der Waals surface area contributed by atoms with Crippen LogP contribution in [0.4, 0.5) is 28.9 Å². The molecule has 0 fully saturated rings. The molecule has 0 radical (unpaired) electrons. The van der Waals surface area contributed by atoms with E-state index in [4.69, 9.17) is 34.0 Å². The molecule has 0 atom stereocenters. The monoisotopic (exact) mass is 742 g/mol. The first-order valence-electron chi connectivity index (χ1n) is 14.7. The summed E-state index contributed by atoms with van der Waals surface area (Å²) in [6.45, 7) is 3.89. The van der Waals surface area contributed by atoms with Crippen LogP contribution in [0.3, 0.4) is 0 Å². The summed E-state index contributed by atoms with van der Waals surface area (Å²) in [6, 6.07) is 18.4. The maximum atomic E-state index is 13.8. The minimum atomic E-state index is -1.18. The largest absolute Gasteiger partial charge is 0.475 e. The van der Waals surface area contributed by atoms with Gasteiger partial charge >= 0.3 is 5.97 Å². The van der Waals surface area contributed by atoms with Crippen molar-refractivity contribution in [3.05, 3.63) is 153 Å². The Labute approximate surface area is 298 Å². The van der Waals surface area contributed by atoms with Crippen LogP contribution in [-0.2, 0) is 13.1 Å². The summed E-state index contributed by atoms with van der Waals surface area (Å²) in [5.41, 5.74) is 7.69. The number of hydrogen-bond donors (Lipinski definition) is 3. The number of hydrogen-bond acceptors (Lipinski definition) is 7. The summed E-state index contributed by atoms with van der Waals surface area (Å²) in [5.74, 6) is -4.13. The Balaban J connectivity index is 0.000000192. The average Bonchev–Trinajstić information content (AvgIpc) is 3.76. The summed E-state index contributed by atoms with van der Waals surface area (Å²) in [6.07, 6.45) is 2.65. The van der Waals surface area contributed by atoms with E-state index in [9.17, 15) is 27.2 Å². The fourth-order valence-corrected chi connectivity index (χ4v) is 4.44.